The summed E-state index contributed by atoms with van der Waals surface area (Å²) in [7, 11) is -4.76. The van der Waals surface area contributed by atoms with E-state index in [0.717, 1.165) is 4.72 Å². The first-order valence-electron chi connectivity index (χ1n) is 5.69. The molecule has 0 fully saturated rings. The molecule has 0 saturated carbocycles. The number of halogens is 3. The molecular weight excluding hydrogens is 321 g/mol. The Bertz CT molecular complexity index is 447. The fourth-order valence-corrected chi connectivity index (χ4v) is 1.96. The number of carbonyl (C=O) groups excluding carboxylic acids is 2. The van der Waals surface area contributed by atoms with Gasteiger partial charge in [-0.2, -0.15) is 31.0 Å². The molecule has 0 radical (unpaired) electrons. The molecule has 0 aromatic carbocycles. The number of alkyl halides is 3. The third kappa shape index (κ3) is 8.47. The third-order valence-electron chi connectivity index (χ3n) is 1.78. The van der Waals surface area contributed by atoms with Gasteiger partial charge in [0.15, 0.2) is 0 Å². The number of ether oxygens (including phenoxy) is 2. The molecule has 0 aliphatic rings. The van der Waals surface area contributed by atoms with Crippen LogP contribution >= 0.6 is 0 Å². The van der Waals surface area contributed by atoms with Crippen molar-refractivity contribution >= 4 is 22.1 Å². The van der Waals surface area contributed by atoms with Crippen LogP contribution in [0.15, 0.2) is 0 Å². The van der Waals surface area contributed by atoms with E-state index in [-0.39, 0.29) is 13.2 Å². The summed E-state index contributed by atoms with van der Waals surface area (Å²) < 4.78 is 70.1. The zero-order valence-electron chi connectivity index (χ0n) is 11.2. The molecule has 0 aliphatic carbocycles. The molecule has 0 unspecified atom stereocenters. The summed E-state index contributed by atoms with van der Waals surface area (Å²) in [5, 5.41) is 0. The highest BCUT2D eigenvalue weighted by Crippen LogP contribution is 2.12. The Morgan fingerprint density at radius 3 is 1.86 bits per heavy atom. The van der Waals surface area contributed by atoms with Crippen LogP contribution in [-0.2, 0) is 29.3 Å². The summed E-state index contributed by atoms with van der Waals surface area (Å²) in [5.74, 6) is -2.57. The van der Waals surface area contributed by atoms with Crippen LogP contribution in [0.5, 0.6) is 0 Å². The first-order chi connectivity index (χ1) is 9.52. The van der Waals surface area contributed by atoms with Crippen LogP contribution in [0.2, 0.25) is 0 Å². The Morgan fingerprint density at radius 2 is 1.52 bits per heavy atom. The largest absolute Gasteiger partial charge is 0.464 e. The molecule has 2 N–H and O–H groups in total. The lowest BCUT2D eigenvalue weighted by molar-refractivity contribution is -0.157. The van der Waals surface area contributed by atoms with Crippen LogP contribution in [0.25, 0.3) is 0 Å². The van der Waals surface area contributed by atoms with Gasteiger partial charge in [0, 0.05) is 0 Å². The van der Waals surface area contributed by atoms with Gasteiger partial charge < -0.3 is 9.47 Å². The van der Waals surface area contributed by atoms with Crippen molar-refractivity contribution in [1.82, 2.24) is 9.44 Å². The maximum atomic E-state index is 11.9. The number of hydrogen-bond acceptors (Lipinski definition) is 6. The first-order valence-corrected chi connectivity index (χ1v) is 7.17. The highest BCUT2D eigenvalue weighted by atomic mass is 32.2. The van der Waals surface area contributed by atoms with Crippen LogP contribution in [0.1, 0.15) is 13.8 Å². The van der Waals surface area contributed by atoms with Gasteiger partial charge in [-0.15, -0.1) is 0 Å². The lowest BCUT2D eigenvalue weighted by Gasteiger charge is -2.16. The van der Waals surface area contributed by atoms with E-state index in [1.807, 2.05) is 0 Å². The van der Waals surface area contributed by atoms with Gasteiger partial charge in [-0.05, 0) is 13.8 Å². The SMILES string of the molecule is CCOC(=O)C(NS(=O)(=O)NCC(F)(F)F)C(=O)OCC. The minimum Gasteiger partial charge on any atom is -0.464 e. The number of carbonyl (C=O) groups is 2. The van der Waals surface area contributed by atoms with Gasteiger partial charge in [0.25, 0.3) is 10.2 Å². The Balaban J connectivity index is 4.94. The molecule has 0 bridgehead atoms. The van der Waals surface area contributed by atoms with Crippen LogP contribution in [0.3, 0.4) is 0 Å². The fourth-order valence-electron chi connectivity index (χ4n) is 1.02. The van der Waals surface area contributed by atoms with Gasteiger partial charge >= 0.3 is 18.1 Å². The van der Waals surface area contributed by atoms with Gasteiger partial charge in [0.05, 0.1) is 13.2 Å². The summed E-state index contributed by atoms with van der Waals surface area (Å²) in [5.41, 5.74) is 0. The van der Waals surface area contributed by atoms with Crippen molar-refractivity contribution in [3.05, 3.63) is 0 Å². The third-order valence-corrected chi connectivity index (χ3v) is 2.85. The Morgan fingerprint density at radius 1 is 1.10 bits per heavy atom. The van der Waals surface area contributed by atoms with Crippen molar-refractivity contribution in [3.63, 3.8) is 0 Å². The summed E-state index contributed by atoms with van der Waals surface area (Å²) in [6.45, 7) is 0.618. The van der Waals surface area contributed by atoms with Crippen molar-refractivity contribution in [3.8, 4) is 0 Å². The number of nitrogens with one attached hydrogen (secondary N) is 2. The molecule has 0 heterocycles. The van der Waals surface area contributed by atoms with Crippen LogP contribution < -0.4 is 9.44 Å². The fraction of sp³-hybridized carbons (Fsp3) is 0.778. The quantitative estimate of drug-likeness (QED) is 0.455. The molecule has 124 valence electrons. The molecule has 12 heteroatoms. The standard InChI is InChI=1S/C9H15F3N2O6S/c1-3-19-7(15)6(8(16)20-4-2)14-21(17,18)13-5-9(10,11)12/h6,13-14H,3-5H2,1-2H3. The maximum absolute atomic E-state index is 11.9. The topological polar surface area (TPSA) is 111 Å². The molecule has 0 atom stereocenters. The van der Waals surface area contributed by atoms with Gasteiger partial charge in [0.2, 0.25) is 6.04 Å². The number of rotatable bonds is 8. The molecule has 0 aromatic rings. The Kier molecular flexibility index (Phi) is 7.60. The number of esters is 2. The average Bonchev–Trinajstić information content (AvgIpc) is 2.33. The minimum absolute atomic E-state index is 0.160. The van der Waals surface area contributed by atoms with E-state index in [1.165, 1.54) is 18.6 Å². The summed E-state index contributed by atoms with van der Waals surface area (Å²) in [4.78, 5) is 22.9. The Labute approximate surface area is 119 Å². The van der Waals surface area contributed by atoms with Gasteiger partial charge in [-0.25, -0.2) is 9.59 Å². The molecule has 0 rings (SSSR count). The average molecular weight is 336 g/mol. The highest BCUT2D eigenvalue weighted by Gasteiger charge is 2.36. The summed E-state index contributed by atoms with van der Waals surface area (Å²) in [6, 6.07) is -2.09. The van der Waals surface area contributed by atoms with Gasteiger partial charge in [-0.3, -0.25) is 0 Å². The zero-order chi connectivity index (χ0) is 16.7. The smallest absolute Gasteiger partial charge is 0.402 e. The molecule has 0 spiro atoms. The predicted molar refractivity (Wildman–Crippen MR) is 63.2 cm³/mol. The molecular formula is C9H15F3N2O6S. The predicted octanol–water partition coefficient (Wildman–Crippen LogP) is -0.532. The van der Waals surface area contributed by atoms with E-state index in [9.17, 15) is 31.2 Å². The summed E-state index contributed by atoms with van der Waals surface area (Å²) in [6.07, 6.45) is -4.79. The highest BCUT2D eigenvalue weighted by molar-refractivity contribution is 7.87. The summed E-state index contributed by atoms with van der Waals surface area (Å²) >= 11 is 0. The molecule has 0 saturated heterocycles. The van der Waals surface area contributed by atoms with Crippen molar-refractivity contribution in [2.75, 3.05) is 19.8 Å². The van der Waals surface area contributed by atoms with Crippen molar-refractivity contribution in [1.29, 1.82) is 0 Å². The normalized spacial score (nSPS) is 12.3. The maximum Gasteiger partial charge on any atom is 0.402 e. The van der Waals surface area contributed by atoms with Crippen molar-refractivity contribution < 1.29 is 40.7 Å². The van der Waals surface area contributed by atoms with E-state index >= 15 is 0 Å². The molecule has 0 aliphatic heterocycles. The van der Waals surface area contributed by atoms with Crippen LogP contribution in [0, 0.1) is 0 Å². The lowest BCUT2D eigenvalue weighted by Crippen LogP contribution is -2.52. The molecule has 21 heavy (non-hydrogen) atoms. The minimum atomic E-state index is -4.79. The second-order valence-corrected chi connectivity index (χ2v) is 5.03. The monoisotopic (exact) mass is 336 g/mol. The second-order valence-electron chi connectivity index (χ2n) is 3.49. The first kappa shape index (κ1) is 19.6. The zero-order valence-corrected chi connectivity index (χ0v) is 12.0. The van der Waals surface area contributed by atoms with E-state index in [4.69, 9.17) is 0 Å². The van der Waals surface area contributed by atoms with Gasteiger partial charge in [-0.1, -0.05) is 0 Å². The Hall–Kier alpha value is -1.40. The van der Waals surface area contributed by atoms with E-state index in [2.05, 4.69) is 9.47 Å². The number of hydrogen-bond donors (Lipinski definition) is 2. The molecule has 0 aromatic heterocycles. The van der Waals surface area contributed by atoms with Crippen molar-refractivity contribution in [2.45, 2.75) is 26.1 Å². The second kappa shape index (κ2) is 8.14. The van der Waals surface area contributed by atoms with Crippen molar-refractivity contribution in [2.24, 2.45) is 0 Å². The van der Waals surface area contributed by atoms with E-state index in [0.29, 0.717) is 0 Å². The lowest BCUT2D eigenvalue weighted by atomic mass is 10.3. The van der Waals surface area contributed by atoms with E-state index < -0.39 is 40.9 Å². The van der Waals surface area contributed by atoms with Gasteiger partial charge in [0.1, 0.15) is 6.54 Å². The molecule has 0 amide bonds. The van der Waals surface area contributed by atoms with Crippen LogP contribution in [-0.4, -0.2) is 52.3 Å². The van der Waals surface area contributed by atoms with E-state index in [1.54, 1.807) is 0 Å². The molecule has 8 nitrogen and oxygen atoms in total. The van der Waals surface area contributed by atoms with Crippen LogP contribution in [0.4, 0.5) is 13.2 Å².